The molecule has 1 unspecified atom stereocenters. The van der Waals surface area contributed by atoms with Crippen molar-refractivity contribution in [3.05, 3.63) is 35.4 Å². The third-order valence-electron chi connectivity index (χ3n) is 2.66. The average molecular weight is 251 g/mol. The van der Waals surface area contributed by atoms with Gasteiger partial charge in [-0.15, -0.1) is 0 Å². The third kappa shape index (κ3) is 5.63. The van der Waals surface area contributed by atoms with Crippen LogP contribution in [0.15, 0.2) is 24.3 Å². The van der Waals surface area contributed by atoms with Gasteiger partial charge in [0, 0.05) is 13.2 Å². The Balaban J connectivity index is 2.31. The fourth-order valence-electron chi connectivity index (χ4n) is 1.65. The van der Waals surface area contributed by atoms with Gasteiger partial charge in [0.1, 0.15) is 0 Å². The number of ether oxygens (including phenoxy) is 2. The Morgan fingerprint density at radius 2 is 1.78 bits per heavy atom. The lowest BCUT2D eigenvalue weighted by molar-refractivity contribution is 0.00177. The van der Waals surface area contributed by atoms with Crippen LogP contribution < -0.4 is 5.73 Å². The highest BCUT2D eigenvalue weighted by Crippen LogP contribution is 2.16. The highest BCUT2D eigenvalue weighted by Gasteiger charge is 2.09. The molecule has 102 valence electrons. The number of aryl methyl sites for hydroxylation is 1. The van der Waals surface area contributed by atoms with E-state index in [0.29, 0.717) is 25.7 Å². The van der Waals surface area contributed by atoms with E-state index in [-0.39, 0.29) is 6.10 Å². The minimum absolute atomic E-state index is 0.0340. The number of nitrogens with two attached hydrogens (primary N) is 1. The Morgan fingerprint density at radius 3 is 2.33 bits per heavy atom. The van der Waals surface area contributed by atoms with Crippen molar-refractivity contribution in [2.24, 2.45) is 11.7 Å². The van der Waals surface area contributed by atoms with Gasteiger partial charge in [0.25, 0.3) is 0 Å². The van der Waals surface area contributed by atoms with Crippen molar-refractivity contribution in [3.63, 3.8) is 0 Å². The fraction of sp³-hybridized carbons (Fsp3) is 0.600. The van der Waals surface area contributed by atoms with E-state index in [1.165, 1.54) is 5.56 Å². The highest BCUT2D eigenvalue weighted by atomic mass is 16.5. The van der Waals surface area contributed by atoms with Gasteiger partial charge in [-0.25, -0.2) is 0 Å². The van der Waals surface area contributed by atoms with Gasteiger partial charge in [-0.1, -0.05) is 43.7 Å². The van der Waals surface area contributed by atoms with Crippen LogP contribution in [0.1, 0.15) is 31.1 Å². The molecular weight excluding hydrogens is 226 g/mol. The number of benzene rings is 1. The molecule has 3 heteroatoms. The summed E-state index contributed by atoms with van der Waals surface area (Å²) in [5.41, 5.74) is 8.12. The Morgan fingerprint density at radius 1 is 1.11 bits per heavy atom. The van der Waals surface area contributed by atoms with Crippen molar-refractivity contribution in [1.82, 2.24) is 0 Å². The summed E-state index contributed by atoms with van der Waals surface area (Å²) >= 11 is 0. The van der Waals surface area contributed by atoms with Gasteiger partial charge in [-0.05, 0) is 18.4 Å². The summed E-state index contributed by atoms with van der Waals surface area (Å²) < 4.78 is 11.2. The SMILES string of the molecule is Cc1ccc(C(CN)OCCOCC(C)C)cc1. The molecule has 0 saturated heterocycles. The quantitative estimate of drug-likeness (QED) is 0.722. The van der Waals surface area contributed by atoms with Crippen molar-refractivity contribution in [2.45, 2.75) is 26.9 Å². The molecule has 18 heavy (non-hydrogen) atoms. The van der Waals surface area contributed by atoms with Crippen molar-refractivity contribution in [1.29, 1.82) is 0 Å². The summed E-state index contributed by atoms with van der Waals surface area (Å²) in [7, 11) is 0. The van der Waals surface area contributed by atoms with Crippen LogP contribution in [-0.2, 0) is 9.47 Å². The molecular formula is C15H25NO2. The topological polar surface area (TPSA) is 44.5 Å². The first-order chi connectivity index (χ1) is 8.63. The maximum absolute atomic E-state index is 5.75. The van der Waals surface area contributed by atoms with E-state index in [1.807, 2.05) is 0 Å². The average Bonchev–Trinajstić information content (AvgIpc) is 2.35. The summed E-state index contributed by atoms with van der Waals surface area (Å²) in [6, 6.07) is 8.30. The third-order valence-corrected chi connectivity index (χ3v) is 2.66. The summed E-state index contributed by atoms with van der Waals surface area (Å²) in [5.74, 6) is 0.562. The zero-order valence-electron chi connectivity index (χ0n) is 11.7. The zero-order valence-corrected chi connectivity index (χ0v) is 11.7. The molecule has 1 aromatic rings. The molecule has 3 nitrogen and oxygen atoms in total. The first-order valence-electron chi connectivity index (χ1n) is 6.59. The van der Waals surface area contributed by atoms with Crippen LogP contribution in [0.2, 0.25) is 0 Å². The van der Waals surface area contributed by atoms with Gasteiger partial charge in [-0.2, -0.15) is 0 Å². The van der Waals surface area contributed by atoms with E-state index in [9.17, 15) is 0 Å². The molecule has 0 amide bonds. The molecule has 0 spiro atoms. The molecule has 0 aliphatic carbocycles. The molecule has 1 aromatic carbocycles. The van der Waals surface area contributed by atoms with E-state index in [1.54, 1.807) is 0 Å². The Bertz CT molecular complexity index is 322. The van der Waals surface area contributed by atoms with Crippen LogP contribution in [0.25, 0.3) is 0 Å². The van der Waals surface area contributed by atoms with Gasteiger partial charge < -0.3 is 15.2 Å². The van der Waals surface area contributed by atoms with E-state index >= 15 is 0 Å². The highest BCUT2D eigenvalue weighted by molar-refractivity contribution is 5.23. The molecule has 0 heterocycles. The molecule has 0 bridgehead atoms. The van der Waals surface area contributed by atoms with Crippen molar-refractivity contribution in [3.8, 4) is 0 Å². The standard InChI is InChI=1S/C15H25NO2/c1-12(2)11-17-8-9-18-15(10-16)14-6-4-13(3)5-7-14/h4-7,12,15H,8-11,16H2,1-3H3. The first kappa shape index (κ1) is 15.2. The first-order valence-corrected chi connectivity index (χ1v) is 6.59. The summed E-state index contributed by atoms with van der Waals surface area (Å²) in [6.45, 7) is 8.82. The van der Waals surface area contributed by atoms with Gasteiger partial charge >= 0.3 is 0 Å². The van der Waals surface area contributed by atoms with Crippen LogP contribution in [0.5, 0.6) is 0 Å². The molecule has 1 atom stereocenters. The van der Waals surface area contributed by atoms with Crippen molar-refractivity contribution >= 4 is 0 Å². The molecule has 2 N–H and O–H groups in total. The second-order valence-corrected chi connectivity index (χ2v) is 4.97. The van der Waals surface area contributed by atoms with Crippen LogP contribution in [0.4, 0.5) is 0 Å². The fourth-order valence-corrected chi connectivity index (χ4v) is 1.65. The van der Waals surface area contributed by atoms with E-state index in [4.69, 9.17) is 15.2 Å². The summed E-state index contributed by atoms with van der Waals surface area (Å²) in [5, 5.41) is 0. The van der Waals surface area contributed by atoms with E-state index < -0.39 is 0 Å². The maximum atomic E-state index is 5.75. The molecule has 0 radical (unpaired) electrons. The predicted octanol–water partition coefficient (Wildman–Crippen LogP) is 2.68. The lowest BCUT2D eigenvalue weighted by atomic mass is 10.1. The largest absolute Gasteiger partial charge is 0.379 e. The lowest BCUT2D eigenvalue weighted by Gasteiger charge is -2.17. The molecule has 1 rings (SSSR count). The molecule has 0 aliphatic heterocycles. The van der Waals surface area contributed by atoms with Crippen LogP contribution in [0, 0.1) is 12.8 Å². The van der Waals surface area contributed by atoms with Crippen molar-refractivity contribution in [2.75, 3.05) is 26.4 Å². The Kier molecular flexibility index (Phi) is 6.94. The van der Waals surface area contributed by atoms with Crippen LogP contribution >= 0.6 is 0 Å². The second kappa shape index (κ2) is 8.25. The van der Waals surface area contributed by atoms with E-state index in [0.717, 1.165) is 12.2 Å². The maximum Gasteiger partial charge on any atom is 0.0948 e. The number of hydrogen-bond acceptors (Lipinski definition) is 3. The number of rotatable bonds is 8. The van der Waals surface area contributed by atoms with Gasteiger partial charge in [0.05, 0.1) is 19.3 Å². The Labute approximate surface area is 110 Å². The van der Waals surface area contributed by atoms with Gasteiger partial charge in [0.2, 0.25) is 0 Å². The Hall–Kier alpha value is -0.900. The monoisotopic (exact) mass is 251 g/mol. The van der Waals surface area contributed by atoms with Crippen LogP contribution in [0.3, 0.4) is 0 Å². The van der Waals surface area contributed by atoms with Crippen LogP contribution in [-0.4, -0.2) is 26.4 Å². The minimum atomic E-state index is -0.0340. The normalized spacial score (nSPS) is 12.9. The van der Waals surface area contributed by atoms with E-state index in [2.05, 4.69) is 45.0 Å². The van der Waals surface area contributed by atoms with Crippen molar-refractivity contribution < 1.29 is 9.47 Å². The summed E-state index contributed by atoms with van der Waals surface area (Å²) in [6.07, 6.45) is -0.0340. The second-order valence-electron chi connectivity index (χ2n) is 4.97. The minimum Gasteiger partial charge on any atom is -0.379 e. The number of hydrogen-bond donors (Lipinski definition) is 1. The molecule has 0 saturated carbocycles. The molecule has 0 aliphatic rings. The van der Waals surface area contributed by atoms with Gasteiger partial charge in [0.15, 0.2) is 0 Å². The smallest absolute Gasteiger partial charge is 0.0948 e. The molecule has 0 aromatic heterocycles. The summed E-state index contributed by atoms with van der Waals surface area (Å²) in [4.78, 5) is 0. The predicted molar refractivity (Wildman–Crippen MR) is 74.6 cm³/mol. The van der Waals surface area contributed by atoms with Gasteiger partial charge in [-0.3, -0.25) is 0 Å². The zero-order chi connectivity index (χ0) is 13.4. The molecule has 0 fully saturated rings. The lowest BCUT2D eigenvalue weighted by Crippen LogP contribution is -2.18.